The molecule has 5 nitrogen and oxygen atoms in total. The van der Waals surface area contributed by atoms with Gasteiger partial charge in [0, 0.05) is 19.8 Å². The Hall–Kier alpha value is -1.62. The van der Waals surface area contributed by atoms with Gasteiger partial charge in [0.1, 0.15) is 0 Å². The van der Waals surface area contributed by atoms with Crippen LogP contribution >= 0.6 is 0 Å². The van der Waals surface area contributed by atoms with Gasteiger partial charge in [-0.2, -0.15) is 10.2 Å². The highest BCUT2D eigenvalue weighted by atomic mass is 15.3. The van der Waals surface area contributed by atoms with Crippen LogP contribution < -0.4 is 5.32 Å². The molecule has 18 heavy (non-hydrogen) atoms. The van der Waals surface area contributed by atoms with Gasteiger partial charge in [-0.1, -0.05) is 6.92 Å². The predicted molar refractivity (Wildman–Crippen MR) is 71.4 cm³/mol. The Balaban J connectivity index is 2.42. The summed E-state index contributed by atoms with van der Waals surface area (Å²) in [6.45, 7) is 8.02. The molecule has 0 saturated carbocycles. The fourth-order valence-corrected chi connectivity index (χ4v) is 2.32. The van der Waals surface area contributed by atoms with Crippen LogP contribution in [0.15, 0.2) is 18.3 Å². The van der Waals surface area contributed by atoms with Crippen molar-refractivity contribution in [3.8, 4) is 0 Å². The van der Waals surface area contributed by atoms with Crippen molar-refractivity contribution in [1.82, 2.24) is 24.9 Å². The highest BCUT2D eigenvalue weighted by Crippen LogP contribution is 2.22. The van der Waals surface area contributed by atoms with Crippen molar-refractivity contribution in [3.05, 3.63) is 35.4 Å². The maximum Gasteiger partial charge on any atom is 0.0918 e. The lowest BCUT2D eigenvalue weighted by Gasteiger charge is -2.19. The molecule has 5 heteroatoms. The molecule has 2 rings (SSSR count). The Morgan fingerprint density at radius 3 is 2.67 bits per heavy atom. The smallest absolute Gasteiger partial charge is 0.0918 e. The first-order valence-corrected chi connectivity index (χ1v) is 6.43. The second kappa shape index (κ2) is 5.35. The maximum atomic E-state index is 4.43. The SMILES string of the molecule is CCNC(c1cc(C)nn1C)c1ccnn1CC. The third kappa shape index (κ3) is 2.31. The van der Waals surface area contributed by atoms with E-state index in [1.807, 2.05) is 29.5 Å². The molecule has 1 atom stereocenters. The summed E-state index contributed by atoms with van der Waals surface area (Å²) < 4.78 is 3.96. The van der Waals surface area contributed by atoms with E-state index in [-0.39, 0.29) is 6.04 Å². The van der Waals surface area contributed by atoms with Gasteiger partial charge < -0.3 is 5.32 Å². The summed E-state index contributed by atoms with van der Waals surface area (Å²) in [5.74, 6) is 0. The molecule has 0 aromatic carbocycles. The van der Waals surface area contributed by atoms with Crippen molar-refractivity contribution in [1.29, 1.82) is 0 Å². The molecule has 0 aliphatic heterocycles. The van der Waals surface area contributed by atoms with Gasteiger partial charge in [-0.15, -0.1) is 0 Å². The van der Waals surface area contributed by atoms with Crippen LogP contribution in [0.2, 0.25) is 0 Å². The number of aromatic nitrogens is 4. The molecule has 1 unspecified atom stereocenters. The second-order valence-electron chi connectivity index (χ2n) is 4.40. The van der Waals surface area contributed by atoms with E-state index in [1.165, 1.54) is 11.4 Å². The molecule has 0 saturated heterocycles. The molecule has 0 radical (unpaired) electrons. The number of nitrogens with zero attached hydrogens (tertiary/aromatic N) is 4. The number of rotatable bonds is 5. The Kier molecular flexibility index (Phi) is 3.81. The zero-order valence-corrected chi connectivity index (χ0v) is 11.5. The van der Waals surface area contributed by atoms with Crippen molar-refractivity contribution in [2.24, 2.45) is 7.05 Å². The highest BCUT2D eigenvalue weighted by molar-refractivity contribution is 5.23. The van der Waals surface area contributed by atoms with Crippen molar-refractivity contribution in [2.75, 3.05) is 6.54 Å². The Morgan fingerprint density at radius 2 is 2.11 bits per heavy atom. The van der Waals surface area contributed by atoms with Gasteiger partial charge in [-0.05, 0) is 32.5 Å². The lowest BCUT2D eigenvalue weighted by molar-refractivity contribution is 0.514. The van der Waals surface area contributed by atoms with E-state index in [4.69, 9.17) is 0 Å². The van der Waals surface area contributed by atoms with E-state index in [1.54, 1.807) is 0 Å². The Morgan fingerprint density at radius 1 is 1.33 bits per heavy atom. The van der Waals surface area contributed by atoms with Gasteiger partial charge in [0.15, 0.2) is 0 Å². The fourth-order valence-electron chi connectivity index (χ4n) is 2.32. The van der Waals surface area contributed by atoms with E-state index in [9.17, 15) is 0 Å². The fraction of sp³-hybridized carbons (Fsp3) is 0.538. The van der Waals surface area contributed by atoms with Gasteiger partial charge in [-0.25, -0.2) is 0 Å². The largest absolute Gasteiger partial charge is 0.304 e. The Bertz CT molecular complexity index is 511. The minimum Gasteiger partial charge on any atom is -0.304 e. The standard InChI is InChI=1S/C13H21N5/c1-5-14-13(11-7-8-15-18(11)6-2)12-9-10(3)16-17(12)4/h7-9,13-14H,5-6H2,1-4H3. The second-order valence-corrected chi connectivity index (χ2v) is 4.40. The van der Waals surface area contributed by atoms with Gasteiger partial charge in [0.05, 0.1) is 23.1 Å². The lowest BCUT2D eigenvalue weighted by Crippen LogP contribution is -2.26. The van der Waals surface area contributed by atoms with E-state index in [0.717, 1.165) is 18.8 Å². The molecule has 0 spiro atoms. The summed E-state index contributed by atoms with van der Waals surface area (Å²) in [5, 5.41) is 12.3. The minimum atomic E-state index is 0.142. The third-order valence-electron chi connectivity index (χ3n) is 3.09. The topological polar surface area (TPSA) is 47.7 Å². The van der Waals surface area contributed by atoms with Crippen LogP contribution in [0.1, 0.15) is 37.0 Å². The van der Waals surface area contributed by atoms with E-state index in [0.29, 0.717) is 0 Å². The number of nitrogens with one attached hydrogen (secondary N) is 1. The first-order valence-electron chi connectivity index (χ1n) is 6.43. The van der Waals surface area contributed by atoms with Crippen molar-refractivity contribution in [2.45, 2.75) is 33.4 Å². The quantitative estimate of drug-likeness (QED) is 0.874. The van der Waals surface area contributed by atoms with Crippen LogP contribution in [0.25, 0.3) is 0 Å². The molecule has 2 aromatic rings. The van der Waals surface area contributed by atoms with E-state index >= 15 is 0 Å². The lowest BCUT2D eigenvalue weighted by atomic mass is 10.1. The first-order chi connectivity index (χ1) is 8.67. The third-order valence-corrected chi connectivity index (χ3v) is 3.09. The van der Waals surface area contributed by atoms with Gasteiger partial charge in [0.2, 0.25) is 0 Å². The molecule has 2 aromatic heterocycles. The van der Waals surface area contributed by atoms with Crippen LogP contribution in [-0.2, 0) is 13.6 Å². The molecule has 0 aliphatic carbocycles. The van der Waals surface area contributed by atoms with Crippen LogP contribution in [0.5, 0.6) is 0 Å². The number of aryl methyl sites for hydroxylation is 3. The molecule has 0 aliphatic rings. The van der Waals surface area contributed by atoms with Gasteiger partial charge in [-0.3, -0.25) is 9.36 Å². The monoisotopic (exact) mass is 247 g/mol. The number of hydrogen-bond acceptors (Lipinski definition) is 3. The average molecular weight is 247 g/mol. The summed E-state index contributed by atoms with van der Waals surface area (Å²) in [7, 11) is 1.99. The zero-order chi connectivity index (χ0) is 13.1. The van der Waals surface area contributed by atoms with Crippen LogP contribution in [0.4, 0.5) is 0 Å². The minimum absolute atomic E-state index is 0.142. The van der Waals surface area contributed by atoms with Crippen LogP contribution in [0, 0.1) is 6.92 Å². The zero-order valence-electron chi connectivity index (χ0n) is 11.5. The Labute approximate surface area is 108 Å². The van der Waals surface area contributed by atoms with Gasteiger partial charge in [0.25, 0.3) is 0 Å². The predicted octanol–water partition coefficient (Wildman–Crippen LogP) is 1.64. The van der Waals surface area contributed by atoms with Crippen molar-refractivity contribution >= 4 is 0 Å². The average Bonchev–Trinajstić information content (AvgIpc) is 2.92. The molecular formula is C13H21N5. The summed E-state index contributed by atoms with van der Waals surface area (Å²) in [5.41, 5.74) is 3.39. The normalized spacial score (nSPS) is 12.9. The molecular weight excluding hydrogens is 226 g/mol. The first kappa shape index (κ1) is 12.8. The van der Waals surface area contributed by atoms with E-state index in [2.05, 4.69) is 41.5 Å². The van der Waals surface area contributed by atoms with Crippen LogP contribution in [0.3, 0.4) is 0 Å². The van der Waals surface area contributed by atoms with E-state index < -0.39 is 0 Å². The van der Waals surface area contributed by atoms with Crippen molar-refractivity contribution < 1.29 is 0 Å². The van der Waals surface area contributed by atoms with Gasteiger partial charge >= 0.3 is 0 Å². The molecule has 1 N–H and O–H groups in total. The molecule has 2 heterocycles. The summed E-state index contributed by atoms with van der Waals surface area (Å²) >= 11 is 0. The summed E-state index contributed by atoms with van der Waals surface area (Å²) in [6.07, 6.45) is 1.85. The highest BCUT2D eigenvalue weighted by Gasteiger charge is 2.20. The molecule has 0 bridgehead atoms. The van der Waals surface area contributed by atoms with Crippen molar-refractivity contribution in [3.63, 3.8) is 0 Å². The maximum absolute atomic E-state index is 4.43. The summed E-state index contributed by atoms with van der Waals surface area (Å²) in [6, 6.07) is 4.34. The summed E-state index contributed by atoms with van der Waals surface area (Å²) in [4.78, 5) is 0. The van der Waals surface area contributed by atoms with Crippen LogP contribution in [-0.4, -0.2) is 26.1 Å². The number of hydrogen-bond donors (Lipinski definition) is 1. The molecule has 0 amide bonds. The molecule has 0 fully saturated rings. The molecule has 98 valence electrons.